The van der Waals surface area contributed by atoms with Crippen LogP contribution in [0.3, 0.4) is 0 Å². The molecule has 0 radical (unpaired) electrons. The number of benzene rings is 3. The fourth-order valence-corrected chi connectivity index (χ4v) is 4.29. The second-order valence-corrected chi connectivity index (χ2v) is 9.46. The van der Waals surface area contributed by atoms with Crippen LogP contribution in [0.1, 0.15) is 42.1 Å². The number of aliphatic hydroxyl groups excluding tert-OH is 1. The van der Waals surface area contributed by atoms with Gasteiger partial charge >= 0.3 is 0 Å². The van der Waals surface area contributed by atoms with E-state index in [1.807, 2.05) is 44.2 Å². The van der Waals surface area contributed by atoms with Crippen molar-refractivity contribution in [2.24, 2.45) is 5.92 Å². The molecule has 0 aromatic heterocycles. The fraction of sp³-hybridized carbons (Fsp3) is 0.267. The van der Waals surface area contributed by atoms with Gasteiger partial charge in [0.1, 0.15) is 17.3 Å². The Kier molecular flexibility index (Phi) is 7.15. The lowest BCUT2D eigenvalue weighted by Gasteiger charge is -2.27. The van der Waals surface area contributed by atoms with E-state index in [9.17, 15) is 14.7 Å². The summed E-state index contributed by atoms with van der Waals surface area (Å²) in [4.78, 5) is 28.3. The maximum Gasteiger partial charge on any atom is 0.300 e. The van der Waals surface area contributed by atoms with Crippen LogP contribution in [0.5, 0.6) is 11.5 Å². The standard InChI is InChI=1S/C30H31NO5/c1-18(2)17-36-24-14-10-22(11-15-24)28(32)26-27(21-8-12-23(35-5)13-9-21)31(30(34)29(26)33)25-16-19(3)6-7-20(25)4/h6-16,18,27,32H,17H2,1-5H3/b28-26+. The molecule has 0 saturated carbocycles. The summed E-state index contributed by atoms with van der Waals surface area (Å²) < 4.78 is 11.0. The molecule has 1 amide bonds. The van der Waals surface area contributed by atoms with E-state index in [1.54, 1.807) is 43.5 Å². The molecular formula is C30H31NO5. The second-order valence-electron chi connectivity index (χ2n) is 9.46. The van der Waals surface area contributed by atoms with Crippen molar-refractivity contribution in [3.8, 4) is 11.5 Å². The number of hydrogen-bond acceptors (Lipinski definition) is 5. The van der Waals surface area contributed by atoms with Crippen molar-refractivity contribution in [1.29, 1.82) is 0 Å². The van der Waals surface area contributed by atoms with Crippen molar-refractivity contribution >= 4 is 23.1 Å². The Morgan fingerprint density at radius 2 is 1.58 bits per heavy atom. The van der Waals surface area contributed by atoms with Gasteiger partial charge in [-0.15, -0.1) is 0 Å². The van der Waals surface area contributed by atoms with E-state index >= 15 is 0 Å². The Morgan fingerprint density at radius 1 is 0.944 bits per heavy atom. The summed E-state index contributed by atoms with van der Waals surface area (Å²) in [5.74, 6) is 0.0700. The third kappa shape index (κ3) is 4.85. The molecule has 1 heterocycles. The average molecular weight is 486 g/mol. The first-order valence-corrected chi connectivity index (χ1v) is 12.0. The van der Waals surface area contributed by atoms with Gasteiger partial charge in [-0.05, 0) is 78.9 Å². The minimum absolute atomic E-state index is 0.0434. The normalized spacial score (nSPS) is 17.1. The Balaban J connectivity index is 1.85. The first-order chi connectivity index (χ1) is 17.2. The van der Waals surface area contributed by atoms with Crippen LogP contribution in [0.4, 0.5) is 5.69 Å². The number of ether oxygens (including phenoxy) is 2. The summed E-state index contributed by atoms with van der Waals surface area (Å²) in [6.45, 7) is 8.53. The van der Waals surface area contributed by atoms with Gasteiger partial charge < -0.3 is 14.6 Å². The summed E-state index contributed by atoms with van der Waals surface area (Å²) >= 11 is 0. The van der Waals surface area contributed by atoms with E-state index in [2.05, 4.69) is 13.8 Å². The first kappa shape index (κ1) is 25.0. The summed E-state index contributed by atoms with van der Waals surface area (Å²) in [5.41, 5.74) is 3.62. The quantitative estimate of drug-likeness (QED) is 0.253. The third-order valence-electron chi connectivity index (χ3n) is 6.21. The number of carbonyl (C=O) groups is 2. The van der Waals surface area contributed by atoms with Gasteiger partial charge in [0.15, 0.2) is 0 Å². The van der Waals surface area contributed by atoms with Gasteiger partial charge in [0, 0.05) is 11.3 Å². The molecule has 1 unspecified atom stereocenters. The van der Waals surface area contributed by atoms with Gasteiger partial charge in [-0.3, -0.25) is 14.5 Å². The molecule has 36 heavy (non-hydrogen) atoms. The Hall–Kier alpha value is -4.06. The van der Waals surface area contributed by atoms with Crippen molar-refractivity contribution in [3.05, 3.63) is 94.6 Å². The Labute approximate surface area is 211 Å². The number of ketones is 1. The second kappa shape index (κ2) is 10.3. The first-order valence-electron chi connectivity index (χ1n) is 12.0. The van der Waals surface area contributed by atoms with E-state index in [4.69, 9.17) is 9.47 Å². The molecule has 0 aliphatic carbocycles. The van der Waals surface area contributed by atoms with Crippen molar-refractivity contribution in [2.45, 2.75) is 33.7 Å². The van der Waals surface area contributed by atoms with Gasteiger partial charge in [0.05, 0.1) is 25.3 Å². The lowest BCUT2D eigenvalue weighted by molar-refractivity contribution is -0.132. The molecule has 6 heteroatoms. The molecule has 3 aromatic carbocycles. The van der Waals surface area contributed by atoms with Crippen molar-refractivity contribution < 1.29 is 24.2 Å². The number of aliphatic hydroxyl groups is 1. The van der Waals surface area contributed by atoms with E-state index in [0.717, 1.165) is 11.1 Å². The maximum absolute atomic E-state index is 13.4. The highest BCUT2D eigenvalue weighted by atomic mass is 16.5. The predicted molar refractivity (Wildman–Crippen MR) is 140 cm³/mol. The molecule has 186 valence electrons. The van der Waals surface area contributed by atoms with E-state index in [0.29, 0.717) is 40.8 Å². The van der Waals surface area contributed by atoms with Crippen molar-refractivity contribution in [3.63, 3.8) is 0 Å². The zero-order chi connectivity index (χ0) is 26.0. The zero-order valence-corrected chi connectivity index (χ0v) is 21.2. The number of anilines is 1. The van der Waals surface area contributed by atoms with Gasteiger partial charge in [0.25, 0.3) is 11.7 Å². The molecular weight excluding hydrogens is 454 g/mol. The van der Waals surface area contributed by atoms with Gasteiger partial charge in [-0.25, -0.2) is 0 Å². The van der Waals surface area contributed by atoms with Crippen LogP contribution >= 0.6 is 0 Å². The van der Waals surface area contributed by atoms with Crippen LogP contribution in [-0.4, -0.2) is 30.5 Å². The summed E-state index contributed by atoms with van der Waals surface area (Å²) in [6, 6.07) is 19.0. The topological polar surface area (TPSA) is 76.1 Å². The minimum atomic E-state index is -0.798. The summed E-state index contributed by atoms with van der Waals surface area (Å²) in [7, 11) is 1.58. The summed E-state index contributed by atoms with van der Waals surface area (Å²) in [6.07, 6.45) is 0. The van der Waals surface area contributed by atoms with Crippen molar-refractivity contribution in [2.75, 3.05) is 18.6 Å². The Morgan fingerprint density at radius 3 is 2.19 bits per heavy atom. The van der Waals surface area contributed by atoms with Crippen LogP contribution in [0.2, 0.25) is 0 Å². The third-order valence-corrected chi connectivity index (χ3v) is 6.21. The van der Waals surface area contributed by atoms with Gasteiger partial charge in [-0.2, -0.15) is 0 Å². The van der Waals surface area contributed by atoms with Crippen LogP contribution in [0.25, 0.3) is 5.76 Å². The molecule has 1 aliphatic heterocycles. The number of methoxy groups -OCH3 is 1. The smallest absolute Gasteiger partial charge is 0.300 e. The lowest BCUT2D eigenvalue weighted by Crippen LogP contribution is -2.30. The number of rotatable bonds is 7. The largest absolute Gasteiger partial charge is 0.507 e. The Bertz CT molecular complexity index is 1310. The van der Waals surface area contributed by atoms with Crippen LogP contribution in [-0.2, 0) is 9.59 Å². The SMILES string of the molecule is COc1ccc(C2/C(=C(\O)c3ccc(OCC(C)C)cc3)C(=O)C(=O)N2c2cc(C)ccc2C)cc1. The number of carbonyl (C=O) groups excluding carboxylic acids is 2. The summed E-state index contributed by atoms with van der Waals surface area (Å²) in [5, 5.41) is 11.4. The maximum atomic E-state index is 13.4. The molecule has 3 aromatic rings. The van der Waals surface area contributed by atoms with Gasteiger partial charge in [-0.1, -0.05) is 38.1 Å². The monoisotopic (exact) mass is 485 g/mol. The molecule has 1 atom stereocenters. The highest BCUT2D eigenvalue weighted by Gasteiger charge is 2.47. The number of amides is 1. The lowest BCUT2D eigenvalue weighted by atomic mass is 9.94. The molecule has 1 saturated heterocycles. The van der Waals surface area contributed by atoms with Crippen LogP contribution in [0.15, 0.2) is 72.3 Å². The predicted octanol–water partition coefficient (Wildman–Crippen LogP) is 5.97. The molecule has 1 N–H and O–H groups in total. The van der Waals surface area contributed by atoms with E-state index in [-0.39, 0.29) is 11.3 Å². The molecule has 0 bridgehead atoms. The van der Waals surface area contributed by atoms with E-state index in [1.165, 1.54) is 4.90 Å². The molecule has 1 fully saturated rings. The molecule has 6 nitrogen and oxygen atoms in total. The van der Waals surface area contributed by atoms with E-state index < -0.39 is 17.7 Å². The average Bonchev–Trinajstić information content (AvgIpc) is 3.14. The molecule has 4 rings (SSSR count). The van der Waals surface area contributed by atoms with Crippen LogP contribution < -0.4 is 14.4 Å². The van der Waals surface area contributed by atoms with Gasteiger partial charge in [0.2, 0.25) is 0 Å². The highest BCUT2D eigenvalue weighted by molar-refractivity contribution is 6.51. The molecule has 1 aliphatic rings. The zero-order valence-electron chi connectivity index (χ0n) is 21.2. The fourth-order valence-electron chi connectivity index (χ4n) is 4.29. The number of hydrogen-bond donors (Lipinski definition) is 1. The number of Topliss-reactive ketones (excluding diaryl/α,β-unsaturated/α-hetero) is 1. The van der Waals surface area contributed by atoms with Crippen molar-refractivity contribution in [1.82, 2.24) is 0 Å². The molecule has 0 spiro atoms. The number of nitrogens with zero attached hydrogens (tertiary/aromatic N) is 1. The number of aryl methyl sites for hydroxylation is 2. The highest BCUT2D eigenvalue weighted by Crippen LogP contribution is 2.43. The minimum Gasteiger partial charge on any atom is -0.507 e. The van der Waals surface area contributed by atoms with Crippen LogP contribution in [0, 0.1) is 19.8 Å².